The molecule has 1 N–H and O–H groups in total. The predicted molar refractivity (Wildman–Crippen MR) is 98.1 cm³/mol. The van der Waals surface area contributed by atoms with Gasteiger partial charge in [-0.25, -0.2) is 0 Å². The van der Waals surface area contributed by atoms with Gasteiger partial charge in [-0.2, -0.15) is 0 Å². The Kier molecular flexibility index (Phi) is 6.88. The summed E-state index contributed by atoms with van der Waals surface area (Å²) in [6.07, 6.45) is 5.30. The first-order valence-corrected chi connectivity index (χ1v) is 8.45. The van der Waals surface area contributed by atoms with E-state index in [0.717, 1.165) is 28.8 Å². The van der Waals surface area contributed by atoms with E-state index in [1.807, 2.05) is 36.4 Å². The van der Waals surface area contributed by atoms with Crippen LogP contribution in [0.3, 0.4) is 0 Å². The molecule has 120 valence electrons. The Balaban J connectivity index is 1.90. The van der Waals surface area contributed by atoms with E-state index in [1.165, 1.54) is 6.08 Å². The third-order valence-electron chi connectivity index (χ3n) is 3.25. The third kappa shape index (κ3) is 5.57. The van der Waals surface area contributed by atoms with Crippen LogP contribution in [0.5, 0.6) is 5.75 Å². The van der Waals surface area contributed by atoms with Crippen LogP contribution in [0.25, 0.3) is 0 Å². The second kappa shape index (κ2) is 9.16. The first-order chi connectivity index (χ1) is 11.2. The van der Waals surface area contributed by atoms with E-state index in [-0.39, 0.29) is 5.78 Å². The van der Waals surface area contributed by atoms with Crippen molar-refractivity contribution < 1.29 is 9.53 Å². The van der Waals surface area contributed by atoms with Gasteiger partial charge >= 0.3 is 0 Å². The van der Waals surface area contributed by atoms with Crippen molar-refractivity contribution in [2.24, 2.45) is 0 Å². The van der Waals surface area contributed by atoms with Crippen LogP contribution in [0.1, 0.15) is 30.1 Å². The van der Waals surface area contributed by atoms with Crippen LogP contribution in [0.4, 0.5) is 5.69 Å². The number of halogens is 1. The molecule has 0 aliphatic rings. The lowest BCUT2D eigenvalue weighted by Crippen LogP contribution is -1.99. The van der Waals surface area contributed by atoms with E-state index in [9.17, 15) is 4.79 Å². The molecule has 4 heteroatoms. The lowest BCUT2D eigenvalue weighted by atomic mass is 10.1. The van der Waals surface area contributed by atoms with Crippen molar-refractivity contribution in [1.82, 2.24) is 0 Å². The summed E-state index contributed by atoms with van der Waals surface area (Å²) < 4.78 is 6.54. The molecule has 0 aliphatic heterocycles. The minimum atomic E-state index is -0.0512. The number of nitrogens with one attached hydrogen (secondary N) is 1. The smallest absolute Gasteiger partial charge is 0.187 e. The molecule has 0 fully saturated rings. The van der Waals surface area contributed by atoms with Crippen LogP contribution in [0.15, 0.2) is 65.3 Å². The summed E-state index contributed by atoms with van der Waals surface area (Å²) in [6, 6.07) is 15.0. The minimum Gasteiger partial charge on any atom is -0.494 e. The summed E-state index contributed by atoms with van der Waals surface area (Å²) in [5.41, 5.74) is 1.55. The average molecular weight is 374 g/mol. The topological polar surface area (TPSA) is 38.3 Å². The van der Waals surface area contributed by atoms with Crippen molar-refractivity contribution >= 4 is 27.4 Å². The van der Waals surface area contributed by atoms with Gasteiger partial charge in [0.1, 0.15) is 5.75 Å². The maximum Gasteiger partial charge on any atom is 0.187 e. The van der Waals surface area contributed by atoms with Crippen LogP contribution in [0, 0.1) is 0 Å². The molecule has 2 aromatic rings. The Morgan fingerprint density at radius 3 is 2.61 bits per heavy atom. The Morgan fingerprint density at radius 2 is 1.91 bits per heavy atom. The van der Waals surface area contributed by atoms with Gasteiger partial charge in [0.15, 0.2) is 5.78 Å². The van der Waals surface area contributed by atoms with Gasteiger partial charge in [-0.1, -0.05) is 25.5 Å². The molecule has 0 unspecified atom stereocenters. The number of carbonyl (C=O) groups excluding carboxylic acids is 1. The molecule has 0 aliphatic carbocycles. The van der Waals surface area contributed by atoms with Gasteiger partial charge < -0.3 is 10.1 Å². The average Bonchev–Trinajstić information content (AvgIpc) is 2.57. The number of ether oxygens (including phenoxy) is 1. The third-order valence-corrected chi connectivity index (χ3v) is 3.94. The predicted octanol–water partition coefficient (Wildman–Crippen LogP) is 5.44. The molecule has 2 rings (SSSR count). The molecule has 0 spiro atoms. The number of anilines is 1. The monoisotopic (exact) mass is 373 g/mol. The van der Waals surface area contributed by atoms with E-state index >= 15 is 0 Å². The number of hydrogen-bond acceptors (Lipinski definition) is 3. The van der Waals surface area contributed by atoms with Crippen molar-refractivity contribution in [3.63, 3.8) is 0 Å². The number of hydrogen-bond donors (Lipinski definition) is 1. The summed E-state index contributed by atoms with van der Waals surface area (Å²) in [7, 11) is 0. The molecule has 0 amide bonds. The van der Waals surface area contributed by atoms with Gasteiger partial charge in [0, 0.05) is 22.3 Å². The fraction of sp³-hybridized carbons (Fsp3) is 0.211. The molecule has 0 saturated heterocycles. The van der Waals surface area contributed by atoms with Crippen LogP contribution in [-0.2, 0) is 0 Å². The highest BCUT2D eigenvalue weighted by Crippen LogP contribution is 2.21. The number of ketones is 1. The zero-order valence-corrected chi connectivity index (χ0v) is 14.7. The standard InChI is InChI=1S/C19H20BrNO2/c1-2-3-14-23-16-10-8-15(9-11-16)19(22)12-13-21-18-7-5-4-6-17(18)20/h4-13,21H,2-3,14H2,1H3/b13-12+. The van der Waals surface area contributed by atoms with Gasteiger partial charge in [0.05, 0.1) is 12.3 Å². The van der Waals surface area contributed by atoms with Crippen molar-refractivity contribution in [3.8, 4) is 5.75 Å². The SMILES string of the molecule is CCCCOc1ccc(C(=O)/C=C/Nc2ccccc2Br)cc1. The van der Waals surface area contributed by atoms with E-state index < -0.39 is 0 Å². The van der Waals surface area contributed by atoms with Crippen molar-refractivity contribution in [3.05, 3.63) is 70.8 Å². The molecule has 0 atom stereocenters. The maximum atomic E-state index is 12.1. The van der Waals surface area contributed by atoms with E-state index in [1.54, 1.807) is 18.3 Å². The zero-order valence-electron chi connectivity index (χ0n) is 13.1. The zero-order chi connectivity index (χ0) is 16.5. The van der Waals surface area contributed by atoms with Gasteiger partial charge in [-0.05, 0) is 58.7 Å². The Morgan fingerprint density at radius 1 is 1.17 bits per heavy atom. The Bertz CT molecular complexity index is 665. The summed E-state index contributed by atoms with van der Waals surface area (Å²) >= 11 is 3.45. The summed E-state index contributed by atoms with van der Waals surface area (Å²) in [4.78, 5) is 12.1. The van der Waals surface area contributed by atoms with Crippen LogP contribution < -0.4 is 10.1 Å². The number of unbranched alkanes of at least 4 members (excludes halogenated alkanes) is 1. The van der Waals surface area contributed by atoms with Crippen molar-refractivity contribution in [1.29, 1.82) is 0 Å². The quantitative estimate of drug-likeness (QED) is 0.380. The molecule has 0 bridgehead atoms. The van der Waals surface area contributed by atoms with Crippen molar-refractivity contribution in [2.45, 2.75) is 19.8 Å². The lowest BCUT2D eigenvalue weighted by Gasteiger charge is -2.05. The van der Waals surface area contributed by atoms with Gasteiger partial charge in [-0.3, -0.25) is 4.79 Å². The molecule has 0 aromatic heterocycles. The Labute approximate surface area is 145 Å². The summed E-state index contributed by atoms with van der Waals surface area (Å²) in [6.45, 7) is 2.83. The first-order valence-electron chi connectivity index (χ1n) is 7.65. The van der Waals surface area contributed by atoms with Crippen molar-refractivity contribution in [2.75, 3.05) is 11.9 Å². The van der Waals surface area contributed by atoms with Crippen LogP contribution in [0.2, 0.25) is 0 Å². The number of rotatable bonds is 8. The van der Waals surface area contributed by atoms with E-state index in [2.05, 4.69) is 28.2 Å². The highest BCUT2D eigenvalue weighted by Gasteiger charge is 2.02. The summed E-state index contributed by atoms with van der Waals surface area (Å²) in [5, 5.41) is 3.09. The maximum absolute atomic E-state index is 12.1. The highest BCUT2D eigenvalue weighted by molar-refractivity contribution is 9.10. The summed E-state index contributed by atoms with van der Waals surface area (Å²) in [5.74, 6) is 0.745. The van der Waals surface area contributed by atoms with E-state index in [0.29, 0.717) is 12.2 Å². The number of para-hydroxylation sites is 1. The second-order valence-electron chi connectivity index (χ2n) is 5.05. The normalized spacial score (nSPS) is 10.7. The molecule has 0 heterocycles. The fourth-order valence-corrected chi connectivity index (χ4v) is 2.33. The highest BCUT2D eigenvalue weighted by atomic mass is 79.9. The Hall–Kier alpha value is -2.07. The number of allylic oxidation sites excluding steroid dienone is 1. The van der Waals surface area contributed by atoms with Gasteiger partial charge in [-0.15, -0.1) is 0 Å². The molecule has 0 radical (unpaired) electrons. The molecular weight excluding hydrogens is 354 g/mol. The van der Waals surface area contributed by atoms with E-state index in [4.69, 9.17) is 4.74 Å². The molecule has 23 heavy (non-hydrogen) atoms. The first kappa shape index (κ1) is 17.3. The number of benzene rings is 2. The molecule has 2 aromatic carbocycles. The second-order valence-corrected chi connectivity index (χ2v) is 5.90. The number of carbonyl (C=O) groups is 1. The fourth-order valence-electron chi connectivity index (χ4n) is 1.93. The largest absolute Gasteiger partial charge is 0.494 e. The lowest BCUT2D eigenvalue weighted by molar-refractivity contribution is 0.104. The molecule has 0 saturated carbocycles. The molecule has 3 nitrogen and oxygen atoms in total. The van der Waals surface area contributed by atoms with Gasteiger partial charge in [0.2, 0.25) is 0 Å². The van der Waals surface area contributed by atoms with Gasteiger partial charge in [0.25, 0.3) is 0 Å². The minimum absolute atomic E-state index is 0.0512. The van der Waals surface area contributed by atoms with Crippen LogP contribution in [-0.4, -0.2) is 12.4 Å². The molecular formula is C19H20BrNO2. The van der Waals surface area contributed by atoms with Crippen LogP contribution >= 0.6 is 15.9 Å².